The Kier molecular flexibility index (Phi) is 6.46. The molecule has 1 aliphatic carbocycles. The van der Waals surface area contributed by atoms with Crippen LogP contribution in [0, 0.1) is 11.6 Å². The number of rotatable bonds is 4. The van der Waals surface area contributed by atoms with E-state index < -0.39 is 17.7 Å². The molecule has 2 N–H and O–H groups in total. The predicted octanol–water partition coefficient (Wildman–Crippen LogP) is 4.82. The van der Waals surface area contributed by atoms with E-state index >= 15 is 0 Å². The summed E-state index contributed by atoms with van der Waals surface area (Å²) in [4.78, 5) is 13.0. The molecule has 0 aliphatic heterocycles. The van der Waals surface area contributed by atoms with Crippen molar-refractivity contribution in [3.05, 3.63) is 58.6 Å². The highest BCUT2D eigenvalue weighted by atomic mass is 35.5. The first-order valence-corrected chi connectivity index (χ1v) is 9.57. The molecule has 0 spiro atoms. The number of carbonyl (C=O) groups is 1. The molecule has 0 heterocycles. The maximum Gasteiger partial charge on any atom is 0.171 e. The number of methoxy groups -OCH3 is 1. The summed E-state index contributed by atoms with van der Waals surface area (Å²) in [6.45, 7) is 0. The van der Waals surface area contributed by atoms with E-state index in [1.54, 1.807) is 12.1 Å². The largest absolute Gasteiger partial charge is 0.495 e. The summed E-state index contributed by atoms with van der Waals surface area (Å²) in [6, 6.07) is 8.25. The van der Waals surface area contributed by atoms with Crippen LogP contribution in [0.3, 0.4) is 0 Å². The number of hydrogen-bond acceptors (Lipinski definition) is 3. The van der Waals surface area contributed by atoms with Crippen LogP contribution < -0.4 is 15.4 Å². The van der Waals surface area contributed by atoms with Crippen molar-refractivity contribution >= 4 is 40.4 Å². The quantitative estimate of drug-likeness (QED) is 0.689. The summed E-state index contributed by atoms with van der Waals surface area (Å²) >= 11 is 11.3. The lowest BCUT2D eigenvalue weighted by atomic mass is 9.80. The van der Waals surface area contributed by atoms with Gasteiger partial charge >= 0.3 is 0 Å². The molecule has 4 nitrogen and oxygen atoms in total. The number of ether oxygens (including phenoxy) is 1. The summed E-state index contributed by atoms with van der Waals surface area (Å²) in [5, 5.41) is 6.44. The fraction of sp³-hybridized carbons (Fsp3) is 0.300. The third kappa shape index (κ3) is 4.59. The number of nitrogens with one attached hydrogen (secondary N) is 2. The Bertz CT molecular complexity index is 910. The molecule has 2 atom stereocenters. The summed E-state index contributed by atoms with van der Waals surface area (Å²) in [5.74, 6) is -1.66. The number of carbonyl (C=O) groups excluding carboxylic acids is 1. The minimum Gasteiger partial charge on any atom is -0.495 e. The molecular formula is C20H19ClF2N2O2S. The Balaban J connectivity index is 1.68. The van der Waals surface area contributed by atoms with Gasteiger partial charge in [0.1, 0.15) is 5.75 Å². The van der Waals surface area contributed by atoms with Crippen LogP contribution in [-0.2, 0) is 4.79 Å². The van der Waals surface area contributed by atoms with Gasteiger partial charge in [0.2, 0.25) is 0 Å². The Hall–Kier alpha value is -2.25. The molecule has 0 amide bonds. The van der Waals surface area contributed by atoms with Gasteiger partial charge in [-0.25, -0.2) is 8.78 Å². The van der Waals surface area contributed by atoms with Crippen LogP contribution in [0.5, 0.6) is 5.75 Å². The normalized spacial score (nSPS) is 19.2. The van der Waals surface area contributed by atoms with Gasteiger partial charge in [0, 0.05) is 17.7 Å². The van der Waals surface area contributed by atoms with Crippen molar-refractivity contribution in [1.82, 2.24) is 5.32 Å². The highest BCUT2D eigenvalue weighted by Crippen LogP contribution is 2.34. The van der Waals surface area contributed by atoms with Crippen molar-refractivity contribution < 1.29 is 18.3 Å². The molecule has 2 aromatic carbocycles. The van der Waals surface area contributed by atoms with Crippen LogP contribution in [0.15, 0.2) is 36.4 Å². The molecule has 0 bridgehead atoms. The van der Waals surface area contributed by atoms with Crippen molar-refractivity contribution in [3.8, 4) is 5.75 Å². The molecule has 2 unspecified atom stereocenters. The summed E-state index contributed by atoms with van der Waals surface area (Å²) in [5.41, 5.74) is 1.15. The number of benzene rings is 2. The van der Waals surface area contributed by atoms with Gasteiger partial charge in [-0.2, -0.15) is 0 Å². The first kappa shape index (κ1) is 20.5. The first-order chi connectivity index (χ1) is 13.4. The van der Waals surface area contributed by atoms with Gasteiger partial charge in [-0.15, -0.1) is 0 Å². The van der Waals surface area contributed by atoms with Crippen LogP contribution in [0.1, 0.15) is 30.7 Å². The second-order valence-electron chi connectivity index (χ2n) is 6.56. The van der Waals surface area contributed by atoms with E-state index in [1.165, 1.54) is 13.2 Å². The van der Waals surface area contributed by atoms with Crippen molar-refractivity contribution in [3.63, 3.8) is 0 Å². The SMILES string of the molecule is COc1cc(C2CCCC(NC(=S)Nc3ccc(F)c(F)c3)C2=O)ccc1Cl. The molecule has 28 heavy (non-hydrogen) atoms. The number of thiocarbonyl (C=S) groups is 1. The van der Waals surface area contributed by atoms with Gasteiger partial charge in [0.25, 0.3) is 0 Å². The minimum absolute atomic E-state index is 0.0186. The topological polar surface area (TPSA) is 50.4 Å². The second kappa shape index (κ2) is 8.84. The highest BCUT2D eigenvalue weighted by Gasteiger charge is 2.33. The van der Waals surface area contributed by atoms with Gasteiger partial charge in [-0.1, -0.05) is 17.7 Å². The molecule has 8 heteroatoms. The molecule has 1 saturated carbocycles. The molecule has 1 aliphatic rings. The third-order valence-corrected chi connectivity index (χ3v) is 5.26. The van der Waals surface area contributed by atoms with Crippen molar-refractivity contribution in [1.29, 1.82) is 0 Å². The zero-order chi connectivity index (χ0) is 20.3. The van der Waals surface area contributed by atoms with Crippen molar-refractivity contribution in [2.75, 3.05) is 12.4 Å². The molecule has 1 fully saturated rings. The van der Waals surface area contributed by atoms with E-state index in [2.05, 4.69) is 10.6 Å². The summed E-state index contributed by atoms with van der Waals surface area (Å²) < 4.78 is 31.6. The van der Waals surface area contributed by atoms with E-state index in [-0.39, 0.29) is 16.8 Å². The predicted molar refractivity (Wildman–Crippen MR) is 109 cm³/mol. The fourth-order valence-corrected chi connectivity index (χ4v) is 3.77. The monoisotopic (exact) mass is 424 g/mol. The molecule has 0 saturated heterocycles. The van der Waals surface area contributed by atoms with Crippen LogP contribution in [-0.4, -0.2) is 24.0 Å². The van der Waals surface area contributed by atoms with Crippen LogP contribution in [0.4, 0.5) is 14.5 Å². The lowest BCUT2D eigenvalue weighted by Gasteiger charge is -2.29. The van der Waals surface area contributed by atoms with Crippen molar-refractivity contribution in [2.45, 2.75) is 31.2 Å². The lowest BCUT2D eigenvalue weighted by Crippen LogP contribution is -2.46. The molecule has 0 aromatic heterocycles. The lowest BCUT2D eigenvalue weighted by molar-refractivity contribution is -0.123. The number of Topliss-reactive ketones (excluding diaryl/α,β-unsaturated/α-hetero) is 1. The number of hydrogen-bond donors (Lipinski definition) is 2. The van der Waals surface area contributed by atoms with Gasteiger partial charge in [0.15, 0.2) is 22.5 Å². The smallest absolute Gasteiger partial charge is 0.171 e. The van der Waals surface area contributed by atoms with Gasteiger partial charge in [0.05, 0.1) is 18.2 Å². The average molecular weight is 425 g/mol. The molecule has 148 valence electrons. The number of anilines is 1. The van der Waals surface area contributed by atoms with Gasteiger partial charge in [-0.05, 0) is 61.3 Å². The fourth-order valence-electron chi connectivity index (χ4n) is 3.32. The first-order valence-electron chi connectivity index (χ1n) is 8.78. The number of halogens is 3. The summed E-state index contributed by atoms with van der Waals surface area (Å²) in [6.07, 6.45) is 2.21. The Labute approximate surface area is 172 Å². The van der Waals surface area contributed by atoms with E-state index in [9.17, 15) is 13.6 Å². The van der Waals surface area contributed by atoms with Crippen LogP contribution in [0.25, 0.3) is 0 Å². The van der Waals surface area contributed by atoms with E-state index in [0.29, 0.717) is 22.9 Å². The Morgan fingerprint density at radius 1 is 1.18 bits per heavy atom. The minimum atomic E-state index is -0.974. The molecule has 0 radical (unpaired) electrons. The summed E-state index contributed by atoms with van der Waals surface area (Å²) in [7, 11) is 1.53. The third-order valence-electron chi connectivity index (χ3n) is 4.73. The molecule has 2 aromatic rings. The van der Waals surface area contributed by atoms with Gasteiger partial charge in [-0.3, -0.25) is 4.79 Å². The maximum absolute atomic E-state index is 13.3. The number of ketones is 1. The second-order valence-corrected chi connectivity index (χ2v) is 7.38. The van der Waals surface area contributed by atoms with Gasteiger partial charge < -0.3 is 15.4 Å². The van der Waals surface area contributed by atoms with Crippen LogP contribution >= 0.6 is 23.8 Å². The van der Waals surface area contributed by atoms with E-state index in [0.717, 1.165) is 30.5 Å². The average Bonchev–Trinajstić information content (AvgIpc) is 2.67. The van der Waals surface area contributed by atoms with Crippen molar-refractivity contribution in [2.24, 2.45) is 0 Å². The van der Waals surface area contributed by atoms with Crippen LogP contribution in [0.2, 0.25) is 5.02 Å². The highest BCUT2D eigenvalue weighted by molar-refractivity contribution is 7.80. The molecule has 3 rings (SSSR count). The zero-order valence-corrected chi connectivity index (χ0v) is 16.7. The zero-order valence-electron chi connectivity index (χ0n) is 15.1. The Morgan fingerprint density at radius 3 is 2.68 bits per heavy atom. The van der Waals surface area contributed by atoms with E-state index in [1.807, 2.05) is 6.07 Å². The van der Waals surface area contributed by atoms with E-state index in [4.69, 9.17) is 28.6 Å². The maximum atomic E-state index is 13.3. The molecular weight excluding hydrogens is 406 g/mol. The standard InChI is InChI=1S/C20H19ClF2N2O2S/c1-27-18-9-11(5-7-14(18)21)13-3-2-4-17(19(13)26)25-20(28)24-12-6-8-15(22)16(23)10-12/h5-10,13,17H,2-4H2,1H3,(H2,24,25,28). The Morgan fingerprint density at radius 2 is 1.96 bits per heavy atom.